The number of amides is 1. The minimum atomic E-state index is -1.78. The van der Waals surface area contributed by atoms with Crippen LogP contribution in [-0.4, -0.2) is 22.4 Å². The number of hydrogen-bond acceptors (Lipinski definition) is 2. The number of halogens is 1. The zero-order chi connectivity index (χ0) is 16.5. The third-order valence-corrected chi connectivity index (χ3v) is 12.2. The molecule has 0 aromatic heterocycles. The molecule has 0 saturated carbocycles. The van der Waals surface area contributed by atoms with Crippen molar-refractivity contribution >= 4 is 26.1 Å². The minimum Gasteiger partial charge on any atom is -0.355 e. The van der Waals surface area contributed by atoms with Crippen LogP contribution in [-0.2, 0) is 0 Å². The average molecular weight is 332 g/mol. The predicted octanol–water partition coefficient (Wildman–Crippen LogP) is 5.34. The van der Waals surface area contributed by atoms with Crippen molar-refractivity contribution in [2.45, 2.75) is 55.9 Å². The first-order chi connectivity index (χ1) is 9.51. The molecule has 0 unspecified atom stereocenters. The Bertz CT molecular complexity index is 486. The molecule has 0 aliphatic heterocycles. The largest absolute Gasteiger partial charge is 0.355 e. The Morgan fingerprint density at radius 2 is 1.48 bits per heavy atom. The van der Waals surface area contributed by atoms with E-state index in [1.54, 1.807) is 19.2 Å². The van der Waals surface area contributed by atoms with Crippen LogP contribution in [0.5, 0.6) is 0 Å². The first kappa shape index (κ1) is 18.4. The van der Waals surface area contributed by atoms with Crippen LogP contribution in [0, 0.1) is 0 Å². The molecular formula is C16H26FNOS2. The third kappa shape index (κ3) is 3.24. The average Bonchev–Trinajstić information content (AvgIpc) is 2.36. The molecule has 2 nitrogen and oxygen atoms in total. The van der Waals surface area contributed by atoms with Crippen molar-refractivity contribution in [2.75, 3.05) is 7.05 Å². The van der Waals surface area contributed by atoms with Gasteiger partial charge in [0.2, 0.25) is 0 Å². The molecule has 1 rings (SSSR count). The lowest BCUT2D eigenvalue weighted by Gasteiger charge is -2.55. The fraction of sp³-hybridized carbons (Fsp3) is 0.562. The van der Waals surface area contributed by atoms with Gasteiger partial charge in [0.25, 0.3) is 5.91 Å². The topological polar surface area (TPSA) is 29.1 Å². The predicted molar refractivity (Wildman–Crippen MR) is 93.9 cm³/mol. The molecule has 0 aliphatic rings. The molecule has 120 valence electrons. The minimum absolute atomic E-state index is 0.124. The highest BCUT2D eigenvalue weighted by molar-refractivity contribution is 8.93. The van der Waals surface area contributed by atoms with Gasteiger partial charge in [-0.15, -0.1) is 9.06 Å². The molecule has 0 fully saturated rings. The molecule has 0 bridgehead atoms. The summed E-state index contributed by atoms with van der Waals surface area (Å²) in [6.45, 7) is 12.5. The quantitative estimate of drug-likeness (QED) is 0.758. The second-order valence-corrected chi connectivity index (χ2v) is 13.0. The van der Waals surface area contributed by atoms with Gasteiger partial charge in [-0.25, -0.2) is 0 Å². The van der Waals surface area contributed by atoms with Crippen LogP contribution in [0.25, 0.3) is 0 Å². The smallest absolute Gasteiger partial charge is 0.251 e. The Hall–Kier alpha value is -0.680. The van der Waals surface area contributed by atoms with E-state index in [0.29, 0.717) is 16.7 Å². The summed E-state index contributed by atoms with van der Waals surface area (Å²) in [5.41, 5.74) is 0.598. The maximum Gasteiger partial charge on any atom is 0.251 e. The van der Waals surface area contributed by atoms with E-state index < -0.39 is 9.06 Å². The number of nitrogens with one attached hydrogen (secondary N) is 1. The summed E-state index contributed by atoms with van der Waals surface area (Å²) in [6, 6.07) is 7.37. The Morgan fingerprint density at radius 1 is 1.05 bits per heavy atom. The fourth-order valence-electron chi connectivity index (χ4n) is 2.79. The summed E-state index contributed by atoms with van der Waals surface area (Å²) in [6.07, 6.45) is 0. The highest BCUT2D eigenvalue weighted by atomic mass is 33.2. The molecule has 1 N–H and O–H groups in total. The van der Waals surface area contributed by atoms with Crippen LogP contribution in [0.1, 0.15) is 51.9 Å². The van der Waals surface area contributed by atoms with Gasteiger partial charge in [0, 0.05) is 27.0 Å². The van der Waals surface area contributed by atoms with Gasteiger partial charge in [0.1, 0.15) is 11.2 Å². The first-order valence-electron chi connectivity index (χ1n) is 6.96. The molecule has 1 amide bonds. The van der Waals surface area contributed by atoms with Crippen molar-refractivity contribution < 1.29 is 8.68 Å². The van der Waals surface area contributed by atoms with Crippen LogP contribution in [0.2, 0.25) is 0 Å². The Morgan fingerprint density at radius 3 is 1.76 bits per heavy atom. The van der Waals surface area contributed by atoms with Crippen molar-refractivity contribution in [3.05, 3.63) is 29.8 Å². The number of carbonyl (C=O) groups is 1. The molecule has 0 radical (unpaired) electrons. The first-order valence-corrected chi connectivity index (χ1v) is 9.83. The Kier molecular flexibility index (Phi) is 5.43. The molecule has 0 saturated heterocycles. The zero-order valence-corrected chi connectivity index (χ0v) is 15.5. The van der Waals surface area contributed by atoms with Crippen LogP contribution >= 0.6 is 20.2 Å². The lowest BCUT2D eigenvalue weighted by molar-refractivity contribution is 0.0963. The van der Waals surface area contributed by atoms with Gasteiger partial charge in [-0.05, 0) is 24.3 Å². The van der Waals surface area contributed by atoms with Crippen LogP contribution in [0.15, 0.2) is 29.2 Å². The molecule has 0 aliphatic carbocycles. The van der Waals surface area contributed by atoms with Crippen LogP contribution in [0.3, 0.4) is 0 Å². The van der Waals surface area contributed by atoms with E-state index in [1.165, 1.54) is 0 Å². The maximum atomic E-state index is 14.2. The van der Waals surface area contributed by atoms with E-state index in [4.69, 9.17) is 0 Å². The van der Waals surface area contributed by atoms with Gasteiger partial charge in [-0.3, -0.25) is 4.79 Å². The van der Waals surface area contributed by atoms with E-state index >= 15 is 0 Å². The fourth-order valence-corrected chi connectivity index (χ4v) is 8.70. The zero-order valence-electron chi connectivity index (χ0n) is 13.9. The van der Waals surface area contributed by atoms with Crippen molar-refractivity contribution in [3.8, 4) is 0 Å². The van der Waals surface area contributed by atoms with E-state index in [0.717, 1.165) is 4.90 Å². The van der Waals surface area contributed by atoms with Crippen LogP contribution < -0.4 is 5.32 Å². The van der Waals surface area contributed by atoms with E-state index in [9.17, 15) is 8.68 Å². The second kappa shape index (κ2) is 6.21. The third-order valence-electron chi connectivity index (χ3n) is 3.49. The van der Waals surface area contributed by atoms with E-state index in [-0.39, 0.29) is 15.4 Å². The second-order valence-electron chi connectivity index (χ2n) is 6.95. The monoisotopic (exact) mass is 331 g/mol. The molecule has 0 spiro atoms. The van der Waals surface area contributed by atoms with Crippen molar-refractivity contribution in [2.24, 2.45) is 0 Å². The van der Waals surface area contributed by atoms with Gasteiger partial charge in [0.05, 0.1) is 0 Å². The molecular weight excluding hydrogens is 305 g/mol. The summed E-state index contributed by atoms with van der Waals surface area (Å²) in [4.78, 5) is 12.6. The molecule has 0 atom stereocenters. The van der Waals surface area contributed by atoms with E-state index in [2.05, 4.69) is 46.9 Å². The van der Waals surface area contributed by atoms with Crippen LogP contribution in [0.4, 0.5) is 3.89 Å². The summed E-state index contributed by atoms with van der Waals surface area (Å²) >= 11 is 0.487. The normalized spacial score (nSPS) is 13.9. The number of benzene rings is 1. The highest BCUT2D eigenvalue weighted by Gasteiger charge is 2.48. The molecule has 0 heterocycles. The Balaban J connectivity index is 3.45. The maximum absolute atomic E-state index is 14.2. The molecule has 5 heteroatoms. The van der Waals surface area contributed by atoms with Gasteiger partial charge in [-0.1, -0.05) is 41.5 Å². The van der Waals surface area contributed by atoms with Crippen molar-refractivity contribution in [1.82, 2.24) is 5.32 Å². The van der Waals surface area contributed by atoms with Crippen molar-refractivity contribution in [3.63, 3.8) is 0 Å². The standard InChI is InChI=1S/C16H26FNOS2/c1-15(2,3)21(20-17,16(4,5)6)13-10-8-12(9-11-13)14(19)18-7/h8-11H,1-7H3,(H,18,19). The summed E-state index contributed by atoms with van der Waals surface area (Å²) in [7, 11) is -0.172. The van der Waals surface area contributed by atoms with E-state index in [1.807, 2.05) is 12.1 Å². The van der Waals surface area contributed by atoms with Gasteiger partial charge in [0.15, 0.2) is 0 Å². The van der Waals surface area contributed by atoms with Gasteiger partial charge >= 0.3 is 0 Å². The Labute approximate surface area is 133 Å². The van der Waals surface area contributed by atoms with Gasteiger partial charge in [-0.2, -0.15) is 3.89 Å². The lowest BCUT2D eigenvalue weighted by atomic mass is 10.2. The molecule has 1 aromatic rings. The summed E-state index contributed by atoms with van der Waals surface area (Å²) < 4.78 is 13.8. The highest BCUT2D eigenvalue weighted by Crippen LogP contribution is 2.80. The van der Waals surface area contributed by atoms with Crippen molar-refractivity contribution in [1.29, 1.82) is 0 Å². The summed E-state index contributed by atoms with van der Waals surface area (Å²) in [5.74, 6) is -0.124. The number of rotatable bonds is 3. The lowest BCUT2D eigenvalue weighted by Crippen LogP contribution is -2.35. The SMILES string of the molecule is CNC(=O)c1ccc(S(SF)(C(C)(C)C)C(C)(C)C)cc1. The molecule has 1 aromatic carbocycles. The van der Waals surface area contributed by atoms with Gasteiger partial charge < -0.3 is 5.32 Å². The number of hydrogen-bond donors (Lipinski definition) is 1. The summed E-state index contributed by atoms with van der Waals surface area (Å²) in [5, 5.41) is 2.60. The molecule has 21 heavy (non-hydrogen) atoms. The number of carbonyl (C=O) groups excluding carboxylic acids is 1.